The van der Waals surface area contributed by atoms with Gasteiger partial charge in [-0.3, -0.25) is 9.59 Å². The standard InChI is InChI=1S/C17H21N3O3/c1-12(7-8-18)19-17(22)14-9-16(21)20(11-14)10-13-3-5-15(23-2)6-4-13/h3-6,12,14H,7,9-11H2,1-2H3,(H,19,22). The van der Waals surface area contributed by atoms with E-state index in [0.29, 0.717) is 13.1 Å². The van der Waals surface area contributed by atoms with Crippen molar-refractivity contribution in [2.24, 2.45) is 5.92 Å². The summed E-state index contributed by atoms with van der Waals surface area (Å²) in [5.41, 5.74) is 0.998. The molecule has 0 aliphatic carbocycles. The summed E-state index contributed by atoms with van der Waals surface area (Å²) in [7, 11) is 1.61. The molecule has 1 fully saturated rings. The highest BCUT2D eigenvalue weighted by Crippen LogP contribution is 2.21. The number of carbonyl (C=O) groups excluding carboxylic acids is 2. The minimum absolute atomic E-state index is 0.0195. The fourth-order valence-electron chi connectivity index (χ4n) is 2.60. The van der Waals surface area contributed by atoms with Crippen LogP contribution in [0.4, 0.5) is 0 Å². The summed E-state index contributed by atoms with van der Waals surface area (Å²) in [5, 5.41) is 11.4. The Bertz CT molecular complexity index is 607. The number of ether oxygens (including phenoxy) is 1. The van der Waals surface area contributed by atoms with E-state index in [1.54, 1.807) is 18.9 Å². The molecule has 1 heterocycles. The van der Waals surface area contributed by atoms with E-state index >= 15 is 0 Å². The van der Waals surface area contributed by atoms with Crippen LogP contribution in [0.25, 0.3) is 0 Å². The molecular weight excluding hydrogens is 294 g/mol. The van der Waals surface area contributed by atoms with Gasteiger partial charge in [-0.15, -0.1) is 0 Å². The summed E-state index contributed by atoms with van der Waals surface area (Å²) in [6.45, 7) is 2.68. The van der Waals surface area contributed by atoms with E-state index in [4.69, 9.17) is 10.00 Å². The quantitative estimate of drug-likeness (QED) is 0.861. The predicted octanol–water partition coefficient (Wildman–Crippen LogP) is 1.46. The first-order valence-corrected chi connectivity index (χ1v) is 7.61. The minimum atomic E-state index is -0.345. The molecular formula is C17H21N3O3. The highest BCUT2D eigenvalue weighted by molar-refractivity contribution is 5.89. The molecule has 1 aliphatic heterocycles. The molecule has 122 valence electrons. The van der Waals surface area contributed by atoms with Crippen LogP contribution in [0.5, 0.6) is 5.75 Å². The van der Waals surface area contributed by atoms with Gasteiger partial charge in [-0.2, -0.15) is 5.26 Å². The van der Waals surface area contributed by atoms with Crippen molar-refractivity contribution in [3.63, 3.8) is 0 Å². The van der Waals surface area contributed by atoms with Crippen molar-refractivity contribution in [3.05, 3.63) is 29.8 Å². The molecule has 6 heteroatoms. The second kappa shape index (κ2) is 7.63. The van der Waals surface area contributed by atoms with Crippen molar-refractivity contribution in [3.8, 4) is 11.8 Å². The summed E-state index contributed by atoms with van der Waals surface area (Å²) < 4.78 is 5.11. The topological polar surface area (TPSA) is 82.4 Å². The van der Waals surface area contributed by atoms with Crippen LogP contribution in [-0.2, 0) is 16.1 Å². The minimum Gasteiger partial charge on any atom is -0.497 e. The van der Waals surface area contributed by atoms with E-state index in [1.165, 1.54) is 0 Å². The van der Waals surface area contributed by atoms with Crippen LogP contribution in [-0.4, -0.2) is 36.4 Å². The van der Waals surface area contributed by atoms with Crippen LogP contribution in [0.3, 0.4) is 0 Å². The highest BCUT2D eigenvalue weighted by Gasteiger charge is 2.34. The summed E-state index contributed by atoms with van der Waals surface area (Å²) in [5.74, 6) is 0.249. The second-order valence-electron chi connectivity index (χ2n) is 5.80. The molecule has 1 N–H and O–H groups in total. The normalized spacial score (nSPS) is 18.4. The summed E-state index contributed by atoms with van der Waals surface area (Å²) in [6, 6.07) is 9.35. The lowest BCUT2D eigenvalue weighted by atomic mass is 10.1. The van der Waals surface area contributed by atoms with Crippen LogP contribution in [0.1, 0.15) is 25.3 Å². The SMILES string of the molecule is COc1ccc(CN2CC(C(=O)NC(C)CC#N)CC2=O)cc1. The van der Waals surface area contributed by atoms with E-state index in [9.17, 15) is 9.59 Å². The molecule has 0 saturated carbocycles. The van der Waals surface area contributed by atoms with Crippen LogP contribution in [0.15, 0.2) is 24.3 Å². The van der Waals surface area contributed by atoms with Gasteiger partial charge in [0.15, 0.2) is 0 Å². The molecule has 2 rings (SSSR count). The number of nitrogens with one attached hydrogen (secondary N) is 1. The van der Waals surface area contributed by atoms with Gasteiger partial charge < -0.3 is 15.0 Å². The second-order valence-corrected chi connectivity index (χ2v) is 5.80. The largest absolute Gasteiger partial charge is 0.497 e. The number of nitriles is 1. The number of amides is 2. The van der Waals surface area contributed by atoms with Gasteiger partial charge in [0.05, 0.1) is 25.5 Å². The Hall–Kier alpha value is -2.55. The van der Waals surface area contributed by atoms with Crippen LogP contribution in [0.2, 0.25) is 0 Å². The lowest BCUT2D eigenvalue weighted by Crippen LogP contribution is -2.38. The third-order valence-electron chi connectivity index (χ3n) is 3.90. The van der Waals surface area contributed by atoms with Gasteiger partial charge in [0, 0.05) is 25.6 Å². The number of nitrogens with zero attached hydrogens (tertiary/aromatic N) is 2. The molecule has 1 saturated heterocycles. The summed E-state index contributed by atoms with van der Waals surface area (Å²) >= 11 is 0. The molecule has 0 bridgehead atoms. The van der Waals surface area contributed by atoms with E-state index < -0.39 is 0 Å². The maximum atomic E-state index is 12.1. The molecule has 2 amide bonds. The van der Waals surface area contributed by atoms with Crippen molar-refractivity contribution >= 4 is 11.8 Å². The van der Waals surface area contributed by atoms with E-state index in [-0.39, 0.29) is 36.6 Å². The van der Waals surface area contributed by atoms with Gasteiger partial charge in [0.2, 0.25) is 11.8 Å². The number of benzene rings is 1. The molecule has 0 aromatic heterocycles. The van der Waals surface area contributed by atoms with Crippen LogP contribution < -0.4 is 10.1 Å². The lowest BCUT2D eigenvalue weighted by molar-refractivity contribution is -0.129. The first kappa shape index (κ1) is 16.8. The van der Waals surface area contributed by atoms with Gasteiger partial charge in [0.1, 0.15) is 5.75 Å². The van der Waals surface area contributed by atoms with Gasteiger partial charge in [-0.1, -0.05) is 12.1 Å². The Morgan fingerprint density at radius 3 is 2.78 bits per heavy atom. The number of carbonyl (C=O) groups is 2. The molecule has 0 spiro atoms. The van der Waals surface area contributed by atoms with E-state index in [1.807, 2.05) is 30.3 Å². The van der Waals surface area contributed by atoms with Crippen molar-refractivity contribution < 1.29 is 14.3 Å². The monoisotopic (exact) mass is 315 g/mol. The number of hydrogen-bond acceptors (Lipinski definition) is 4. The zero-order valence-electron chi connectivity index (χ0n) is 13.4. The van der Waals surface area contributed by atoms with Crippen LogP contribution in [0, 0.1) is 17.2 Å². The number of rotatable bonds is 6. The Morgan fingerprint density at radius 2 is 2.17 bits per heavy atom. The van der Waals surface area contributed by atoms with Crippen molar-refractivity contribution in [2.45, 2.75) is 32.4 Å². The lowest BCUT2D eigenvalue weighted by Gasteiger charge is -2.18. The number of likely N-dealkylation sites (tertiary alicyclic amines) is 1. The third-order valence-corrected chi connectivity index (χ3v) is 3.90. The maximum absolute atomic E-state index is 12.1. The molecule has 6 nitrogen and oxygen atoms in total. The summed E-state index contributed by atoms with van der Waals surface area (Å²) in [6.07, 6.45) is 0.489. The Balaban J connectivity index is 1.91. The maximum Gasteiger partial charge on any atom is 0.225 e. The molecule has 0 radical (unpaired) electrons. The van der Waals surface area contributed by atoms with Gasteiger partial charge >= 0.3 is 0 Å². The molecule has 1 aromatic carbocycles. The highest BCUT2D eigenvalue weighted by atomic mass is 16.5. The van der Waals surface area contributed by atoms with Crippen LogP contribution >= 0.6 is 0 Å². The average molecular weight is 315 g/mol. The Labute approximate surface area is 136 Å². The molecule has 2 atom stereocenters. The zero-order valence-corrected chi connectivity index (χ0v) is 13.4. The Kier molecular flexibility index (Phi) is 5.58. The summed E-state index contributed by atoms with van der Waals surface area (Å²) in [4.78, 5) is 25.9. The molecule has 2 unspecified atom stereocenters. The van der Waals surface area contributed by atoms with E-state index in [2.05, 4.69) is 5.32 Å². The fraction of sp³-hybridized carbons (Fsp3) is 0.471. The Morgan fingerprint density at radius 1 is 1.48 bits per heavy atom. The van der Waals surface area contributed by atoms with Crippen molar-refractivity contribution in [1.82, 2.24) is 10.2 Å². The van der Waals surface area contributed by atoms with Gasteiger partial charge in [-0.25, -0.2) is 0 Å². The van der Waals surface area contributed by atoms with E-state index in [0.717, 1.165) is 11.3 Å². The van der Waals surface area contributed by atoms with Gasteiger partial charge in [0.25, 0.3) is 0 Å². The zero-order chi connectivity index (χ0) is 16.8. The van der Waals surface area contributed by atoms with Gasteiger partial charge in [-0.05, 0) is 24.6 Å². The first-order chi connectivity index (χ1) is 11.0. The third kappa shape index (κ3) is 4.46. The molecule has 1 aliphatic rings. The average Bonchev–Trinajstić information content (AvgIpc) is 2.89. The smallest absolute Gasteiger partial charge is 0.225 e. The molecule has 1 aromatic rings. The van der Waals surface area contributed by atoms with Crippen molar-refractivity contribution in [1.29, 1.82) is 5.26 Å². The number of methoxy groups -OCH3 is 1. The molecule has 23 heavy (non-hydrogen) atoms. The predicted molar refractivity (Wildman–Crippen MR) is 84.4 cm³/mol. The fourth-order valence-corrected chi connectivity index (χ4v) is 2.60. The number of hydrogen-bond donors (Lipinski definition) is 1. The first-order valence-electron chi connectivity index (χ1n) is 7.61. The van der Waals surface area contributed by atoms with Crippen molar-refractivity contribution in [2.75, 3.05) is 13.7 Å².